The average molecular weight is 525 g/mol. The third-order valence-electron chi connectivity index (χ3n) is 8.81. The molecule has 2 aromatic carbocycles. The number of nitro benzene ring substituents is 1. The van der Waals surface area contributed by atoms with E-state index in [0.717, 1.165) is 55.1 Å². The Hall–Kier alpha value is -3.70. The van der Waals surface area contributed by atoms with Gasteiger partial charge in [-0.1, -0.05) is 6.07 Å². The Bertz CT molecular complexity index is 1320. The van der Waals surface area contributed by atoms with Gasteiger partial charge < -0.3 is 24.8 Å². The fraction of sp³-hybridized carbons (Fsp3) is 0.481. The SMILES string of the molecule is O=C(O)Oc1ccc([N+](=O)[O-])cc1.O=C1CC[C@@]2(O)[C@H]3Cc4ccc(O)c5c4[C@@]2(CCN3CC2CC2)[C@H]1O5. The third-order valence-corrected chi connectivity index (χ3v) is 8.81. The summed E-state index contributed by atoms with van der Waals surface area (Å²) in [5, 5.41) is 40.7. The number of hydrogen-bond donors (Lipinski definition) is 3. The quantitative estimate of drug-likeness (QED) is 0.235. The van der Waals surface area contributed by atoms with E-state index in [2.05, 4.69) is 9.64 Å². The van der Waals surface area contributed by atoms with Crippen LogP contribution in [0.15, 0.2) is 36.4 Å². The minimum Gasteiger partial charge on any atom is -0.504 e. The van der Waals surface area contributed by atoms with Crippen LogP contribution in [0.2, 0.25) is 0 Å². The van der Waals surface area contributed by atoms with Crippen molar-refractivity contribution in [3.63, 3.8) is 0 Å². The van der Waals surface area contributed by atoms with Crippen molar-refractivity contribution < 1.29 is 39.3 Å². The molecule has 2 aromatic rings. The molecule has 7 rings (SSSR count). The summed E-state index contributed by atoms with van der Waals surface area (Å²) in [5.74, 6) is 1.44. The fourth-order valence-electron chi connectivity index (χ4n) is 7.00. The highest BCUT2D eigenvalue weighted by molar-refractivity contribution is 5.90. The molecule has 1 saturated heterocycles. The molecule has 11 heteroatoms. The topological polar surface area (TPSA) is 160 Å². The van der Waals surface area contributed by atoms with E-state index in [1.807, 2.05) is 6.07 Å². The largest absolute Gasteiger partial charge is 0.511 e. The first-order valence-corrected chi connectivity index (χ1v) is 12.8. The first kappa shape index (κ1) is 24.6. The number of aromatic hydroxyl groups is 1. The standard InChI is InChI=1S/C20H23NO4.C7H5NO5/c22-13-4-3-12-9-15-20(24)6-5-14(23)18-19(20,16(12)17(13)25-18)7-8-21(15)10-11-1-2-11;9-7(10)13-6-3-1-5(2-4-6)8(11)12/h3-4,11,15,18,22,24H,1-2,5-10H2;1-4H,(H,9,10)/t15-,18+,19+,20-;/m1./s1. The van der Waals surface area contributed by atoms with Crippen molar-refractivity contribution >= 4 is 17.6 Å². The Labute approximate surface area is 217 Å². The van der Waals surface area contributed by atoms with Crippen molar-refractivity contribution in [2.75, 3.05) is 13.1 Å². The lowest BCUT2D eigenvalue weighted by Gasteiger charge is -2.62. The molecule has 3 fully saturated rings. The number of carbonyl (C=O) groups is 2. The molecule has 0 radical (unpaired) electrons. The zero-order valence-corrected chi connectivity index (χ0v) is 20.5. The van der Waals surface area contributed by atoms with Crippen LogP contribution in [0.3, 0.4) is 0 Å². The van der Waals surface area contributed by atoms with Gasteiger partial charge in [-0.05, 0) is 68.3 Å². The molecule has 0 amide bonds. The molecule has 200 valence electrons. The summed E-state index contributed by atoms with van der Waals surface area (Å²) in [4.78, 5) is 34.8. The lowest BCUT2D eigenvalue weighted by atomic mass is 9.49. The second kappa shape index (κ2) is 8.67. The molecule has 2 aliphatic heterocycles. The van der Waals surface area contributed by atoms with Crippen LogP contribution in [-0.2, 0) is 16.6 Å². The van der Waals surface area contributed by atoms with E-state index < -0.39 is 28.2 Å². The van der Waals surface area contributed by atoms with Gasteiger partial charge in [0.2, 0.25) is 0 Å². The number of non-ortho nitro benzene ring substituents is 1. The number of rotatable bonds is 4. The zero-order valence-electron chi connectivity index (χ0n) is 20.5. The summed E-state index contributed by atoms with van der Waals surface area (Å²) in [6.07, 6.45) is 2.88. The number of hydrogen-bond acceptors (Lipinski definition) is 9. The molecular formula is C27H28N2O9. The molecule has 4 atom stereocenters. The summed E-state index contributed by atoms with van der Waals surface area (Å²) in [5.41, 5.74) is 0.340. The highest BCUT2D eigenvalue weighted by Gasteiger charge is 2.73. The predicted octanol–water partition coefficient (Wildman–Crippen LogP) is 3.18. The summed E-state index contributed by atoms with van der Waals surface area (Å²) < 4.78 is 10.3. The van der Waals surface area contributed by atoms with Crippen LogP contribution >= 0.6 is 0 Å². The zero-order chi connectivity index (χ0) is 26.8. The van der Waals surface area contributed by atoms with E-state index in [0.29, 0.717) is 18.6 Å². The smallest absolute Gasteiger partial charge is 0.504 e. The monoisotopic (exact) mass is 524 g/mol. The molecule has 11 nitrogen and oxygen atoms in total. The van der Waals surface area contributed by atoms with E-state index in [4.69, 9.17) is 9.84 Å². The molecule has 3 aliphatic carbocycles. The number of Topliss-reactive ketones (excluding diaryl/α,β-unsaturated/α-hetero) is 1. The van der Waals surface area contributed by atoms with Gasteiger partial charge in [-0.25, -0.2) is 4.79 Å². The van der Waals surface area contributed by atoms with Gasteiger partial charge in [0.25, 0.3) is 5.69 Å². The summed E-state index contributed by atoms with van der Waals surface area (Å²) in [7, 11) is 0. The van der Waals surface area contributed by atoms with Gasteiger partial charge in [-0.3, -0.25) is 19.8 Å². The Kier molecular flexibility index (Phi) is 5.62. The van der Waals surface area contributed by atoms with E-state index in [9.17, 15) is 29.9 Å². The van der Waals surface area contributed by atoms with Crippen molar-refractivity contribution in [3.05, 3.63) is 57.6 Å². The Balaban J connectivity index is 0.000000174. The van der Waals surface area contributed by atoms with Crippen LogP contribution in [0.25, 0.3) is 0 Å². The van der Waals surface area contributed by atoms with Gasteiger partial charge in [-0.2, -0.15) is 0 Å². The molecule has 1 spiro atoms. The Morgan fingerprint density at radius 1 is 1.18 bits per heavy atom. The first-order valence-electron chi connectivity index (χ1n) is 12.8. The van der Waals surface area contributed by atoms with Crippen LogP contribution in [0, 0.1) is 16.0 Å². The number of carbonyl (C=O) groups excluding carboxylic acids is 1. The van der Waals surface area contributed by atoms with Crippen molar-refractivity contribution in [1.29, 1.82) is 0 Å². The maximum absolute atomic E-state index is 12.7. The molecule has 3 N–H and O–H groups in total. The number of carboxylic acid groups (broad SMARTS) is 1. The fourth-order valence-corrected chi connectivity index (χ4v) is 7.00. The lowest BCUT2D eigenvalue weighted by Crippen LogP contribution is -2.76. The number of ketones is 1. The minimum absolute atomic E-state index is 0.0454. The second-order valence-electron chi connectivity index (χ2n) is 10.8. The molecule has 2 saturated carbocycles. The number of ether oxygens (including phenoxy) is 2. The van der Waals surface area contributed by atoms with Crippen LogP contribution in [-0.4, -0.2) is 67.9 Å². The first-order chi connectivity index (χ1) is 18.1. The molecule has 38 heavy (non-hydrogen) atoms. The van der Waals surface area contributed by atoms with E-state index in [1.165, 1.54) is 25.0 Å². The maximum Gasteiger partial charge on any atom is 0.511 e. The summed E-state index contributed by atoms with van der Waals surface area (Å²) >= 11 is 0. The number of phenols is 1. The lowest BCUT2D eigenvalue weighted by molar-refractivity contribution is -0.384. The summed E-state index contributed by atoms with van der Waals surface area (Å²) in [6.45, 7) is 1.95. The van der Waals surface area contributed by atoms with Crippen LogP contribution < -0.4 is 9.47 Å². The minimum atomic E-state index is -1.45. The van der Waals surface area contributed by atoms with Crippen molar-refractivity contribution in [3.8, 4) is 17.2 Å². The van der Waals surface area contributed by atoms with Crippen molar-refractivity contribution in [2.24, 2.45) is 5.92 Å². The number of nitrogens with zero attached hydrogens (tertiary/aromatic N) is 2. The van der Waals surface area contributed by atoms with Crippen LogP contribution in [0.1, 0.15) is 43.2 Å². The van der Waals surface area contributed by atoms with Gasteiger partial charge in [0.15, 0.2) is 23.4 Å². The number of benzene rings is 2. The van der Waals surface area contributed by atoms with Crippen LogP contribution in [0.4, 0.5) is 10.5 Å². The molecule has 2 heterocycles. The maximum atomic E-state index is 12.7. The second-order valence-corrected chi connectivity index (χ2v) is 10.8. The summed E-state index contributed by atoms with van der Waals surface area (Å²) in [6, 6.07) is 8.45. The van der Waals surface area contributed by atoms with E-state index >= 15 is 0 Å². The molecule has 5 aliphatic rings. The van der Waals surface area contributed by atoms with Crippen molar-refractivity contribution in [2.45, 2.75) is 61.7 Å². The van der Waals surface area contributed by atoms with Gasteiger partial charge in [0, 0.05) is 36.7 Å². The highest BCUT2D eigenvalue weighted by atomic mass is 16.7. The van der Waals surface area contributed by atoms with Gasteiger partial charge in [0.1, 0.15) is 5.75 Å². The number of nitro groups is 1. The normalized spacial score (nSPS) is 30.4. The van der Waals surface area contributed by atoms with Gasteiger partial charge in [-0.15, -0.1) is 0 Å². The van der Waals surface area contributed by atoms with Gasteiger partial charge >= 0.3 is 6.16 Å². The number of aliphatic hydroxyl groups is 1. The van der Waals surface area contributed by atoms with Crippen molar-refractivity contribution in [1.82, 2.24) is 4.90 Å². The predicted molar refractivity (Wildman–Crippen MR) is 132 cm³/mol. The molecular weight excluding hydrogens is 496 g/mol. The number of likely N-dealkylation sites (tertiary alicyclic amines) is 1. The average Bonchev–Trinajstić information content (AvgIpc) is 3.61. The van der Waals surface area contributed by atoms with Crippen LogP contribution in [0.5, 0.6) is 17.2 Å². The van der Waals surface area contributed by atoms with Gasteiger partial charge in [0.05, 0.1) is 15.9 Å². The Morgan fingerprint density at radius 2 is 1.92 bits per heavy atom. The highest BCUT2D eigenvalue weighted by Crippen LogP contribution is 2.64. The molecule has 0 aromatic heterocycles. The Morgan fingerprint density at radius 3 is 2.58 bits per heavy atom. The van der Waals surface area contributed by atoms with E-state index in [1.54, 1.807) is 6.07 Å². The third kappa shape index (κ3) is 3.64. The van der Waals surface area contributed by atoms with E-state index in [-0.39, 0.29) is 29.0 Å². The molecule has 0 unspecified atom stereocenters. The molecule has 2 bridgehead atoms. The number of piperidine rings is 1. The number of phenolic OH excluding ortho intramolecular Hbond substituents is 1.